The number of benzene rings is 3. The zero-order valence-corrected chi connectivity index (χ0v) is 19.8. The molecule has 8 nitrogen and oxygen atoms in total. The number of aliphatic hydroxyl groups is 1. The summed E-state index contributed by atoms with van der Waals surface area (Å²) in [4.78, 5) is 37.1. The van der Waals surface area contributed by atoms with Gasteiger partial charge in [-0.15, -0.1) is 0 Å². The fourth-order valence-corrected chi connectivity index (χ4v) is 3.96. The molecular weight excluding hydrogens is 446 g/mol. The van der Waals surface area contributed by atoms with Crippen molar-refractivity contribution in [2.75, 3.05) is 13.1 Å². The molecule has 0 heterocycles. The second-order valence-corrected chi connectivity index (χ2v) is 8.99. The highest BCUT2D eigenvalue weighted by molar-refractivity contribution is 5.96. The van der Waals surface area contributed by atoms with Crippen LogP contribution in [0.5, 0.6) is 0 Å². The monoisotopic (exact) mass is 477 g/mol. The highest BCUT2D eigenvalue weighted by atomic mass is 16.4. The minimum Gasteiger partial charge on any atom is -0.479 e. The van der Waals surface area contributed by atoms with Gasteiger partial charge in [-0.3, -0.25) is 4.79 Å². The van der Waals surface area contributed by atoms with Crippen LogP contribution in [0.4, 0.5) is 4.79 Å². The number of nitrogens with one attached hydrogen (secondary N) is 1. The highest BCUT2D eigenvalue weighted by Crippen LogP contribution is 2.28. The van der Waals surface area contributed by atoms with Crippen LogP contribution in [0.2, 0.25) is 0 Å². The average Bonchev–Trinajstić information content (AvgIpc) is 2.82. The third kappa shape index (κ3) is 6.80. The molecule has 35 heavy (non-hydrogen) atoms. The number of nitrogens with two attached hydrogens (primary N) is 1. The topological polar surface area (TPSA) is 133 Å². The summed E-state index contributed by atoms with van der Waals surface area (Å²) >= 11 is 0. The predicted molar refractivity (Wildman–Crippen MR) is 135 cm³/mol. The van der Waals surface area contributed by atoms with Crippen LogP contribution in [0.25, 0.3) is 21.9 Å². The Morgan fingerprint density at radius 3 is 2.23 bits per heavy atom. The third-order valence-electron chi connectivity index (χ3n) is 5.69. The summed E-state index contributed by atoms with van der Waals surface area (Å²) in [6.07, 6.45) is -1.55. The van der Waals surface area contributed by atoms with E-state index in [1.807, 2.05) is 56.3 Å². The highest BCUT2D eigenvalue weighted by Gasteiger charge is 2.26. The van der Waals surface area contributed by atoms with Gasteiger partial charge in [-0.25, -0.2) is 9.59 Å². The van der Waals surface area contributed by atoms with Crippen molar-refractivity contribution in [1.82, 2.24) is 10.2 Å². The van der Waals surface area contributed by atoms with Gasteiger partial charge in [0.05, 0.1) is 6.54 Å². The minimum absolute atomic E-state index is 0.0235. The molecule has 1 unspecified atom stereocenters. The Bertz CT molecular complexity index is 1190. The van der Waals surface area contributed by atoms with E-state index >= 15 is 0 Å². The SMILES string of the molecule is CC(C)CN(CC(O)C(=O)O)C(=O)N[C@@H](Cc1ccc(-c2cccc3ccccc23)cc1)C(N)=O. The molecule has 5 N–H and O–H groups in total. The van der Waals surface area contributed by atoms with Crippen LogP contribution in [0.1, 0.15) is 19.4 Å². The number of carboxylic acids is 1. The van der Waals surface area contributed by atoms with Crippen molar-refractivity contribution in [3.05, 3.63) is 72.3 Å². The molecule has 184 valence electrons. The molecule has 0 saturated heterocycles. The fraction of sp³-hybridized carbons (Fsp3) is 0.296. The lowest BCUT2D eigenvalue weighted by atomic mass is 9.96. The molecule has 0 aliphatic rings. The number of primary amides is 1. The number of nitrogens with zero attached hydrogens (tertiary/aromatic N) is 1. The van der Waals surface area contributed by atoms with Crippen molar-refractivity contribution in [2.24, 2.45) is 11.7 Å². The van der Waals surface area contributed by atoms with Crippen LogP contribution >= 0.6 is 0 Å². The second-order valence-electron chi connectivity index (χ2n) is 8.99. The Morgan fingerprint density at radius 1 is 0.943 bits per heavy atom. The number of hydrogen-bond acceptors (Lipinski definition) is 4. The summed E-state index contributed by atoms with van der Waals surface area (Å²) in [5.74, 6) is -2.11. The largest absolute Gasteiger partial charge is 0.479 e. The minimum atomic E-state index is -1.73. The van der Waals surface area contributed by atoms with Crippen molar-refractivity contribution in [2.45, 2.75) is 32.4 Å². The first-order chi connectivity index (χ1) is 16.7. The Balaban J connectivity index is 1.74. The van der Waals surface area contributed by atoms with Crippen molar-refractivity contribution >= 4 is 28.7 Å². The number of carbonyl (C=O) groups excluding carboxylic acids is 2. The Morgan fingerprint density at radius 2 is 1.60 bits per heavy atom. The van der Waals surface area contributed by atoms with Gasteiger partial charge in [-0.1, -0.05) is 80.6 Å². The van der Waals surface area contributed by atoms with Gasteiger partial charge in [0.1, 0.15) is 6.04 Å². The number of fused-ring (bicyclic) bond motifs is 1. The lowest BCUT2D eigenvalue weighted by molar-refractivity contribution is -0.147. The van der Waals surface area contributed by atoms with Crippen molar-refractivity contribution in [3.63, 3.8) is 0 Å². The maximum absolute atomic E-state index is 12.8. The Kier molecular flexibility index (Phi) is 8.43. The van der Waals surface area contributed by atoms with Crippen LogP contribution in [0.15, 0.2) is 66.7 Å². The first-order valence-electron chi connectivity index (χ1n) is 11.5. The van der Waals surface area contributed by atoms with E-state index in [4.69, 9.17) is 10.8 Å². The standard InChI is InChI=1S/C27H31N3O5/c1-17(2)15-30(16-24(31)26(33)34)27(35)29-23(25(28)32)14-18-10-12-20(13-11-18)22-9-5-7-19-6-3-4-8-21(19)22/h3-13,17,23-24,31H,14-16H2,1-2H3,(H2,28,32)(H,29,35)(H,33,34)/t23-,24?/m0/s1. The van der Waals surface area contributed by atoms with Crippen LogP contribution in [-0.4, -0.2) is 58.3 Å². The molecule has 3 amide bonds. The summed E-state index contributed by atoms with van der Waals surface area (Å²) in [7, 11) is 0. The van der Waals surface area contributed by atoms with Gasteiger partial charge >= 0.3 is 12.0 Å². The van der Waals surface area contributed by atoms with Crippen molar-refractivity contribution in [3.8, 4) is 11.1 Å². The molecule has 0 aliphatic carbocycles. The summed E-state index contributed by atoms with van der Waals surface area (Å²) < 4.78 is 0. The maximum atomic E-state index is 12.8. The van der Waals surface area contributed by atoms with Gasteiger partial charge in [0.15, 0.2) is 6.10 Å². The van der Waals surface area contributed by atoms with Gasteiger partial charge in [0.2, 0.25) is 5.91 Å². The van der Waals surface area contributed by atoms with E-state index in [0.29, 0.717) is 0 Å². The molecule has 3 aromatic carbocycles. The molecule has 2 atom stereocenters. The van der Waals surface area contributed by atoms with Crippen LogP contribution in [0.3, 0.4) is 0 Å². The van der Waals surface area contributed by atoms with E-state index in [9.17, 15) is 19.5 Å². The first kappa shape index (κ1) is 25.7. The molecular formula is C27H31N3O5. The van der Waals surface area contributed by atoms with E-state index in [2.05, 4.69) is 29.6 Å². The van der Waals surface area contributed by atoms with Gasteiger partial charge in [-0.05, 0) is 33.4 Å². The van der Waals surface area contributed by atoms with E-state index < -0.39 is 36.6 Å². The number of amides is 3. The third-order valence-corrected chi connectivity index (χ3v) is 5.69. The molecule has 0 spiro atoms. The van der Waals surface area contributed by atoms with Gasteiger partial charge in [0.25, 0.3) is 0 Å². The second kappa shape index (κ2) is 11.5. The van der Waals surface area contributed by atoms with Crippen LogP contribution < -0.4 is 11.1 Å². The molecule has 0 radical (unpaired) electrons. The molecule has 0 saturated carbocycles. The maximum Gasteiger partial charge on any atom is 0.334 e. The van der Waals surface area contributed by atoms with Crippen LogP contribution in [0, 0.1) is 5.92 Å². The lowest BCUT2D eigenvalue weighted by Gasteiger charge is -2.28. The van der Waals surface area contributed by atoms with E-state index in [0.717, 1.165) is 27.5 Å². The van der Waals surface area contributed by atoms with Gasteiger partial charge in [-0.2, -0.15) is 0 Å². The number of carbonyl (C=O) groups is 3. The predicted octanol–water partition coefficient (Wildman–Crippen LogP) is 3.02. The number of aliphatic hydroxyl groups excluding tert-OH is 1. The summed E-state index contributed by atoms with van der Waals surface area (Å²) in [5, 5.41) is 23.6. The van der Waals surface area contributed by atoms with Crippen LogP contribution in [-0.2, 0) is 16.0 Å². The number of hydrogen-bond donors (Lipinski definition) is 4. The van der Waals surface area contributed by atoms with Crippen molar-refractivity contribution in [1.29, 1.82) is 0 Å². The molecule has 3 aromatic rings. The molecule has 0 aliphatic heterocycles. The zero-order chi connectivity index (χ0) is 25.5. The summed E-state index contributed by atoms with van der Waals surface area (Å²) in [6, 6.07) is 20.3. The first-order valence-corrected chi connectivity index (χ1v) is 11.5. The van der Waals surface area contributed by atoms with Gasteiger partial charge < -0.3 is 26.2 Å². The normalized spacial score (nSPS) is 12.8. The van der Waals surface area contributed by atoms with Gasteiger partial charge in [0, 0.05) is 13.0 Å². The molecule has 0 bridgehead atoms. The van der Waals surface area contributed by atoms with E-state index in [1.165, 1.54) is 4.90 Å². The van der Waals surface area contributed by atoms with E-state index in [-0.39, 0.29) is 18.9 Å². The number of urea groups is 1. The number of aliphatic carboxylic acids is 1. The van der Waals surface area contributed by atoms with E-state index in [1.54, 1.807) is 0 Å². The molecule has 0 aromatic heterocycles. The Hall–Kier alpha value is -3.91. The number of carboxylic acid groups (broad SMARTS) is 1. The zero-order valence-electron chi connectivity index (χ0n) is 19.8. The average molecular weight is 478 g/mol. The molecule has 0 fully saturated rings. The fourth-order valence-electron chi connectivity index (χ4n) is 3.96. The quantitative estimate of drug-likeness (QED) is 0.356. The summed E-state index contributed by atoms with van der Waals surface area (Å²) in [5.41, 5.74) is 8.47. The van der Waals surface area contributed by atoms with Crippen molar-refractivity contribution < 1.29 is 24.6 Å². The molecule has 3 rings (SSSR count). The summed E-state index contributed by atoms with van der Waals surface area (Å²) in [6.45, 7) is 3.53. The molecule has 8 heteroatoms. The Labute approximate surface area is 204 Å². The number of rotatable bonds is 10. The lowest BCUT2D eigenvalue weighted by Crippen LogP contribution is -2.53. The smallest absolute Gasteiger partial charge is 0.334 e.